The number of alkyl halides is 1. The van der Waals surface area contributed by atoms with E-state index in [4.69, 9.17) is 35.2 Å². The van der Waals surface area contributed by atoms with E-state index in [0.717, 1.165) is 232 Å². The van der Waals surface area contributed by atoms with Crippen LogP contribution >= 0.6 is 15.9 Å². The number of unbranched alkanes of at least 4 members (excludes halogenated alkanes) is 30. The first-order valence-electron chi connectivity index (χ1n) is 52.6. The van der Waals surface area contributed by atoms with Gasteiger partial charge in [-0.05, 0) is 276 Å². The lowest BCUT2D eigenvalue weighted by Crippen LogP contribution is -2.32. The molecule has 16 nitrogen and oxygen atoms in total. The topological polar surface area (TPSA) is 197 Å². The standard InChI is InChI=1S/C79H155N3O8.C18H35BrO2.C7H19N3/c1-10-18-26-34-52-72(48-22-14-5)68-87-76(83)56-38-30-42-62-81(63-43-31-39-57-77(84)88-69-73(49-23-15-6)53-35-27-19-11-2)66-46-60-80(9)61-47-67-82(64-44-32-40-58-78(85)89-70-74(50-24-16-7)54-36-28-20-12-3)65-45-33-41-59-79(86)90-71-75(51-25-17-8)55-37-29-21-13-4;1-3-5-7-9-13-17(12-6-4-2)16-21-18(20)14-10-8-11-15-19;1-10(6-2-4-8)7-3-5-9/h72-75H,10-71H2,1-9H3;17H,3-16H2,1-2H3;2-9H2,1H3. The van der Waals surface area contributed by atoms with Crippen LogP contribution in [0, 0.1) is 29.6 Å². The number of nitrogens with zero attached hydrogens (tertiary/aromatic N) is 4. The highest BCUT2D eigenvalue weighted by molar-refractivity contribution is 9.09. The van der Waals surface area contributed by atoms with Gasteiger partial charge in [0.05, 0.1) is 33.0 Å². The predicted molar refractivity (Wildman–Crippen MR) is 524 cm³/mol. The quantitative estimate of drug-likeness (QED) is 0.0252. The normalized spacial score (nSPS) is 12.8. The molecule has 0 aliphatic carbocycles. The maximum atomic E-state index is 12.9. The van der Waals surface area contributed by atoms with Gasteiger partial charge in [-0.3, -0.25) is 24.0 Å². The summed E-state index contributed by atoms with van der Waals surface area (Å²) in [7, 11) is 4.38. The molecular weight excluding hydrogens is 1570 g/mol. The van der Waals surface area contributed by atoms with Gasteiger partial charge < -0.3 is 54.8 Å². The second-order valence-electron chi connectivity index (χ2n) is 36.7. The molecule has 5 unspecified atom stereocenters. The van der Waals surface area contributed by atoms with E-state index in [2.05, 4.69) is 119 Å². The van der Waals surface area contributed by atoms with Crippen LogP contribution in [0.1, 0.15) is 480 Å². The van der Waals surface area contributed by atoms with Gasteiger partial charge in [-0.25, -0.2) is 0 Å². The zero-order chi connectivity index (χ0) is 89.6. The number of hydrogen-bond donors (Lipinski definition) is 2. The lowest BCUT2D eigenvalue weighted by molar-refractivity contribution is -0.146. The Hall–Kier alpha value is -2.41. The third kappa shape index (κ3) is 92.1. The largest absolute Gasteiger partial charge is 0.465 e. The van der Waals surface area contributed by atoms with Crippen LogP contribution in [0.3, 0.4) is 0 Å². The SMILES string of the molecule is CCCCCCC(CCCC)COC(=O)CCCCCBr.CCCCCCC(CCCC)COC(=O)CCCCCN(CCCCCC(=O)OCC(CCCC)CCCCCC)CCCN(C)CCCN(CCCCCC(=O)OCC(CCCC)CCCCCC)CCCCCC(=O)OCC(CCCC)CCCCCC.CN(CCCN)CCCN. The molecular formula is C104H209BrN6O10. The monoisotopic (exact) mass is 1780 g/mol. The molecule has 0 aromatic carbocycles. The van der Waals surface area contributed by atoms with Crippen molar-refractivity contribution in [2.45, 2.75) is 480 Å². The second-order valence-corrected chi connectivity index (χ2v) is 37.5. The number of nitrogens with two attached hydrogens (primary N) is 2. The van der Waals surface area contributed by atoms with Crippen LogP contribution in [-0.2, 0) is 47.7 Å². The fourth-order valence-corrected chi connectivity index (χ4v) is 16.5. The van der Waals surface area contributed by atoms with E-state index in [9.17, 15) is 24.0 Å². The van der Waals surface area contributed by atoms with E-state index in [1.54, 1.807) is 0 Å². The number of rotatable bonds is 93. The fourth-order valence-electron chi connectivity index (χ4n) is 16.1. The Labute approximate surface area is 760 Å². The van der Waals surface area contributed by atoms with Crippen molar-refractivity contribution < 1.29 is 47.7 Å². The summed E-state index contributed by atoms with van der Waals surface area (Å²) < 4.78 is 29.0. The fraction of sp³-hybridized carbons (Fsp3) is 0.952. The Morgan fingerprint density at radius 2 is 0.405 bits per heavy atom. The summed E-state index contributed by atoms with van der Waals surface area (Å²) in [5.74, 6) is 2.45. The van der Waals surface area contributed by atoms with Crippen molar-refractivity contribution >= 4 is 45.8 Å². The molecule has 0 aromatic heterocycles. The van der Waals surface area contributed by atoms with Crippen molar-refractivity contribution in [2.75, 3.05) is 131 Å². The maximum absolute atomic E-state index is 12.9. The summed E-state index contributed by atoms with van der Waals surface area (Å²) in [5.41, 5.74) is 10.7. The van der Waals surface area contributed by atoms with Gasteiger partial charge in [0.15, 0.2) is 0 Å². The van der Waals surface area contributed by atoms with Crippen molar-refractivity contribution in [1.29, 1.82) is 0 Å². The summed E-state index contributed by atoms with van der Waals surface area (Å²) in [6.07, 6.45) is 71.4. The minimum atomic E-state index is -0.0259. The van der Waals surface area contributed by atoms with Gasteiger partial charge in [0.2, 0.25) is 0 Å². The van der Waals surface area contributed by atoms with Gasteiger partial charge in [-0.15, -0.1) is 0 Å². The summed E-state index contributed by atoms with van der Waals surface area (Å²) in [5, 5.41) is 1.03. The smallest absolute Gasteiger partial charge is 0.305 e. The van der Waals surface area contributed by atoms with E-state index in [1.165, 1.54) is 231 Å². The van der Waals surface area contributed by atoms with Crippen LogP contribution in [0.5, 0.6) is 0 Å². The maximum Gasteiger partial charge on any atom is 0.305 e. The van der Waals surface area contributed by atoms with Crippen molar-refractivity contribution in [3.05, 3.63) is 0 Å². The van der Waals surface area contributed by atoms with Crippen LogP contribution in [-0.4, -0.2) is 180 Å². The van der Waals surface area contributed by atoms with Crippen LogP contribution in [0.15, 0.2) is 0 Å². The Morgan fingerprint density at radius 1 is 0.223 bits per heavy atom. The van der Waals surface area contributed by atoms with Crippen molar-refractivity contribution in [3.63, 3.8) is 0 Å². The third-order valence-electron chi connectivity index (χ3n) is 24.5. The minimum Gasteiger partial charge on any atom is -0.465 e. The molecule has 0 aromatic rings. The van der Waals surface area contributed by atoms with E-state index in [-0.39, 0.29) is 29.8 Å². The van der Waals surface area contributed by atoms with Gasteiger partial charge in [-0.1, -0.05) is 310 Å². The predicted octanol–water partition coefficient (Wildman–Crippen LogP) is 27.7. The van der Waals surface area contributed by atoms with Gasteiger partial charge in [-0.2, -0.15) is 0 Å². The molecule has 0 radical (unpaired) electrons. The Bertz CT molecular complexity index is 1920. The molecule has 0 saturated heterocycles. The van der Waals surface area contributed by atoms with Gasteiger partial charge >= 0.3 is 29.8 Å². The Morgan fingerprint density at radius 3 is 0.603 bits per heavy atom. The van der Waals surface area contributed by atoms with Gasteiger partial charge in [0.25, 0.3) is 0 Å². The molecule has 0 amide bonds. The average Bonchev–Trinajstić information content (AvgIpc) is 0.990. The minimum absolute atomic E-state index is 0.000343. The molecule has 0 spiro atoms. The molecule has 17 heteroatoms. The highest BCUT2D eigenvalue weighted by Gasteiger charge is 2.19. The number of ether oxygens (including phenoxy) is 5. The first kappa shape index (κ1) is 123. The first-order valence-corrected chi connectivity index (χ1v) is 53.7. The molecule has 4 N–H and O–H groups in total. The summed E-state index contributed by atoms with van der Waals surface area (Å²) in [4.78, 5) is 73.4. The number of hydrogen-bond acceptors (Lipinski definition) is 16. The molecule has 0 heterocycles. The summed E-state index contributed by atoms with van der Waals surface area (Å²) >= 11 is 3.41. The first-order chi connectivity index (χ1) is 59.0. The molecule has 121 heavy (non-hydrogen) atoms. The Balaban J connectivity index is -0.00000372. The van der Waals surface area contributed by atoms with Gasteiger partial charge in [0.1, 0.15) is 0 Å². The summed E-state index contributed by atoms with van der Waals surface area (Å²) in [6, 6.07) is 0. The molecule has 722 valence electrons. The van der Waals surface area contributed by atoms with E-state index >= 15 is 0 Å². The number of halogens is 1. The van der Waals surface area contributed by atoms with Crippen LogP contribution in [0.25, 0.3) is 0 Å². The number of esters is 5. The lowest BCUT2D eigenvalue weighted by Gasteiger charge is -2.26. The van der Waals surface area contributed by atoms with E-state index in [1.807, 2.05) is 0 Å². The summed E-state index contributed by atoms with van der Waals surface area (Å²) in [6.45, 7) is 37.5. The highest BCUT2D eigenvalue weighted by atomic mass is 79.9. The second kappa shape index (κ2) is 99.7. The molecule has 0 rings (SSSR count). The average molecular weight is 1780 g/mol. The van der Waals surface area contributed by atoms with Crippen LogP contribution in [0.4, 0.5) is 0 Å². The molecule has 5 atom stereocenters. The third-order valence-corrected chi connectivity index (χ3v) is 25.1. The molecule has 0 bridgehead atoms. The number of carbonyl (C=O) groups is 5. The highest BCUT2D eigenvalue weighted by Crippen LogP contribution is 2.25. The number of carbonyl (C=O) groups excluding carboxylic acids is 5. The Kier molecular flexibility index (Phi) is 101. The van der Waals surface area contributed by atoms with Gasteiger partial charge in [0, 0.05) is 37.4 Å². The van der Waals surface area contributed by atoms with Crippen LogP contribution in [0.2, 0.25) is 0 Å². The van der Waals surface area contributed by atoms with E-state index in [0.29, 0.717) is 94.7 Å². The zero-order valence-electron chi connectivity index (χ0n) is 82.8. The molecule has 0 fully saturated rings. The zero-order valence-corrected chi connectivity index (χ0v) is 84.4. The molecule has 0 saturated carbocycles. The van der Waals surface area contributed by atoms with Crippen molar-refractivity contribution in [1.82, 2.24) is 19.6 Å². The van der Waals surface area contributed by atoms with Crippen molar-refractivity contribution in [3.8, 4) is 0 Å². The van der Waals surface area contributed by atoms with E-state index < -0.39 is 0 Å². The molecule has 0 aliphatic heterocycles. The lowest BCUT2D eigenvalue weighted by atomic mass is 9.96. The van der Waals surface area contributed by atoms with Crippen molar-refractivity contribution in [2.24, 2.45) is 41.1 Å². The van der Waals surface area contributed by atoms with Crippen LogP contribution < -0.4 is 11.5 Å². The molecule has 0 aliphatic rings.